The molecule has 0 amide bonds. The number of oxime groups is 1. The largest absolute Gasteiger partial charge is 0.389 e. The van der Waals surface area contributed by atoms with E-state index in [-0.39, 0.29) is 11.4 Å². The maximum absolute atomic E-state index is 11.2. The third-order valence-electron chi connectivity index (χ3n) is 2.30. The van der Waals surface area contributed by atoms with Crippen LogP contribution in [0.1, 0.15) is 43.4 Å². The summed E-state index contributed by atoms with van der Waals surface area (Å²) in [5.41, 5.74) is 0.835. The quantitative estimate of drug-likeness (QED) is 0.831. The maximum atomic E-state index is 11.2. The Bertz CT molecular complexity index is 467. The minimum Gasteiger partial charge on any atom is -0.389 e. The fourth-order valence-corrected chi connectivity index (χ4v) is 2.51. The van der Waals surface area contributed by atoms with Crippen molar-refractivity contribution >= 4 is 22.6 Å². The summed E-state index contributed by atoms with van der Waals surface area (Å²) in [4.78, 5) is 16.5. The number of rotatable bonds is 3. The number of aromatic nitrogens is 3. The number of hydrogen-bond acceptors (Lipinski definition) is 6. The van der Waals surface area contributed by atoms with Crippen LogP contribution in [-0.4, -0.2) is 31.8 Å². The molecule has 0 aliphatic carbocycles. The topological polar surface area (TPSA) is 80.2 Å². The summed E-state index contributed by atoms with van der Waals surface area (Å²) in [7, 11) is 0. The van der Waals surface area contributed by atoms with Crippen LogP contribution in [0.15, 0.2) is 5.16 Å². The Labute approximate surface area is 103 Å². The second kappa shape index (κ2) is 4.48. The molecule has 0 radical (unpaired) electrons. The molecule has 2 rings (SSSR count). The van der Waals surface area contributed by atoms with E-state index in [9.17, 15) is 4.79 Å². The minimum absolute atomic E-state index is 0.0840. The highest BCUT2D eigenvalue weighted by molar-refractivity contribution is 8.13. The van der Waals surface area contributed by atoms with Crippen molar-refractivity contribution in [2.75, 3.05) is 0 Å². The lowest BCUT2D eigenvalue weighted by Gasteiger charge is -2.12. The second-order valence-electron chi connectivity index (χ2n) is 4.48. The Kier molecular flexibility index (Phi) is 3.19. The third kappa shape index (κ3) is 2.85. The lowest BCUT2D eigenvalue weighted by Crippen LogP contribution is -2.18. The highest BCUT2D eigenvalue weighted by Crippen LogP contribution is 2.29. The van der Waals surface area contributed by atoms with E-state index in [1.165, 1.54) is 18.7 Å². The van der Waals surface area contributed by atoms with Crippen LogP contribution in [0.2, 0.25) is 0 Å². The summed E-state index contributed by atoms with van der Waals surface area (Å²) in [6.07, 6.45) is 0.783. The number of carbonyl (C=O) groups is 1. The SMILES string of the molecule is CC(=O)c1n[nH]nc1CSC1=NOC(C)(C)C1. The van der Waals surface area contributed by atoms with Gasteiger partial charge in [-0.1, -0.05) is 5.16 Å². The second-order valence-corrected chi connectivity index (χ2v) is 5.53. The number of hydrogen-bond donors (Lipinski definition) is 1. The zero-order valence-electron chi connectivity index (χ0n) is 9.98. The van der Waals surface area contributed by atoms with Crippen LogP contribution >= 0.6 is 11.8 Å². The van der Waals surface area contributed by atoms with Crippen molar-refractivity contribution < 1.29 is 9.63 Å². The molecule has 92 valence electrons. The van der Waals surface area contributed by atoms with Gasteiger partial charge in [0.15, 0.2) is 11.5 Å². The summed E-state index contributed by atoms with van der Waals surface area (Å²) >= 11 is 1.53. The molecule has 0 aromatic carbocycles. The number of H-pyrrole nitrogens is 1. The van der Waals surface area contributed by atoms with E-state index in [1.807, 2.05) is 13.8 Å². The average Bonchev–Trinajstić information content (AvgIpc) is 2.81. The molecule has 2 heterocycles. The van der Waals surface area contributed by atoms with Crippen LogP contribution in [0.25, 0.3) is 0 Å². The molecule has 6 nitrogen and oxygen atoms in total. The fraction of sp³-hybridized carbons (Fsp3) is 0.600. The monoisotopic (exact) mass is 254 g/mol. The van der Waals surface area contributed by atoms with Crippen LogP contribution in [0.4, 0.5) is 0 Å². The molecule has 1 aromatic heterocycles. The van der Waals surface area contributed by atoms with E-state index in [4.69, 9.17) is 4.84 Å². The van der Waals surface area contributed by atoms with Crippen molar-refractivity contribution in [3.05, 3.63) is 11.4 Å². The van der Waals surface area contributed by atoms with Gasteiger partial charge in [0.2, 0.25) is 0 Å². The predicted molar refractivity (Wildman–Crippen MR) is 64.9 cm³/mol. The highest BCUT2D eigenvalue weighted by Gasteiger charge is 2.29. The molecule has 0 saturated heterocycles. The van der Waals surface area contributed by atoms with Crippen molar-refractivity contribution in [2.45, 2.75) is 38.5 Å². The van der Waals surface area contributed by atoms with E-state index >= 15 is 0 Å². The molecular formula is C10H14N4O2S. The van der Waals surface area contributed by atoms with Crippen molar-refractivity contribution in [3.8, 4) is 0 Å². The molecular weight excluding hydrogens is 240 g/mol. The number of aromatic amines is 1. The van der Waals surface area contributed by atoms with Crippen LogP contribution in [0, 0.1) is 0 Å². The van der Waals surface area contributed by atoms with Crippen molar-refractivity contribution in [2.24, 2.45) is 5.16 Å². The van der Waals surface area contributed by atoms with Crippen molar-refractivity contribution in [1.82, 2.24) is 15.4 Å². The van der Waals surface area contributed by atoms with E-state index in [2.05, 4.69) is 20.6 Å². The summed E-state index contributed by atoms with van der Waals surface area (Å²) in [6.45, 7) is 5.45. The van der Waals surface area contributed by atoms with Crippen LogP contribution in [0.5, 0.6) is 0 Å². The molecule has 0 atom stereocenters. The van der Waals surface area contributed by atoms with E-state index in [0.29, 0.717) is 17.1 Å². The Morgan fingerprint density at radius 2 is 2.29 bits per heavy atom. The molecule has 0 unspecified atom stereocenters. The number of Topliss-reactive ketones (excluding diaryl/α,β-unsaturated/α-hetero) is 1. The van der Waals surface area contributed by atoms with Gasteiger partial charge >= 0.3 is 0 Å². The smallest absolute Gasteiger partial charge is 0.181 e. The van der Waals surface area contributed by atoms with Gasteiger partial charge in [-0.3, -0.25) is 4.79 Å². The standard InChI is InChI=1S/C10H14N4O2S/c1-6(15)9-7(11-14-12-9)5-17-8-4-10(2,3)16-13-8/h4-5H2,1-3H3,(H,11,12,14). The Morgan fingerprint density at radius 1 is 1.53 bits per heavy atom. The lowest BCUT2D eigenvalue weighted by atomic mass is 10.1. The number of carbonyl (C=O) groups excluding carboxylic acids is 1. The first kappa shape index (κ1) is 12.1. The van der Waals surface area contributed by atoms with E-state index < -0.39 is 0 Å². The van der Waals surface area contributed by atoms with Gasteiger partial charge in [-0.25, -0.2) is 0 Å². The molecule has 0 bridgehead atoms. The number of ketones is 1. The maximum Gasteiger partial charge on any atom is 0.181 e. The number of thioether (sulfide) groups is 1. The van der Waals surface area contributed by atoms with Gasteiger partial charge in [0.05, 0.1) is 0 Å². The molecule has 1 aromatic rings. The van der Waals surface area contributed by atoms with Crippen molar-refractivity contribution in [3.63, 3.8) is 0 Å². The minimum atomic E-state index is -0.227. The van der Waals surface area contributed by atoms with Gasteiger partial charge in [-0.05, 0) is 13.8 Å². The lowest BCUT2D eigenvalue weighted by molar-refractivity contribution is 0.0123. The zero-order valence-corrected chi connectivity index (χ0v) is 10.8. The summed E-state index contributed by atoms with van der Waals surface area (Å²) < 4.78 is 0. The summed E-state index contributed by atoms with van der Waals surface area (Å²) in [6, 6.07) is 0. The molecule has 1 aliphatic heterocycles. The Hall–Kier alpha value is -1.37. The van der Waals surface area contributed by atoms with Crippen LogP contribution in [-0.2, 0) is 10.6 Å². The van der Waals surface area contributed by atoms with Gasteiger partial charge in [0.1, 0.15) is 16.3 Å². The molecule has 1 N–H and O–H groups in total. The third-order valence-corrected chi connectivity index (χ3v) is 3.27. The molecule has 0 saturated carbocycles. The van der Waals surface area contributed by atoms with Crippen LogP contribution in [0.3, 0.4) is 0 Å². The number of nitrogens with zero attached hydrogens (tertiary/aromatic N) is 3. The molecule has 0 spiro atoms. The summed E-state index contributed by atoms with van der Waals surface area (Å²) in [5.74, 6) is 0.489. The molecule has 17 heavy (non-hydrogen) atoms. The normalized spacial score (nSPS) is 17.7. The van der Waals surface area contributed by atoms with E-state index in [1.54, 1.807) is 0 Å². The van der Waals surface area contributed by atoms with E-state index in [0.717, 1.165) is 11.5 Å². The fourth-order valence-electron chi connectivity index (χ4n) is 1.47. The van der Waals surface area contributed by atoms with Crippen LogP contribution < -0.4 is 0 Å². The Balaban J connectivity index is 1.95. The van der Waals surface area contributed by atoms with Gasteiger partial charge in [-0.2, -0.15) is 15.4 Å². The number of nitrogens with one attached hydrogen (secondary N) is 1. The molecule has 0 fully saturated rings. The predicted octanol–water partition coefficient (Wildman–Crippen LogP) is 1.75. The van der Waals surface area contributed by atoms with Gasteiger partial charge < -0.3 is 4.84 Å². The van der Waals surface area contributed by atoms with Crippen molar-refractivity contribution in [1.29, 1.82) is 0 Å². The highest BCUT2D eigenvalue weighted by atomic mass is 32.2. The first-order chi connectivity index (χ1) is 7.98. The first-order valence-electron chi connectivity index (χ1n) is 5.26. The molecule has 1 aliphatic rings. The zero-order chi connectivity index (χ0) is 12.5. The summed E-state index contributed by atoms with van der Waals surface area (Å²) in [5, 5.41) is 15.2. The van der Waals surface area contributed by atoms with Gasteiger partial charge in [0.25, 0.3) is 0 Å². The van der Waals surface area contributed by atoms with Gasteiger partial charge in [-0.15, -0.1) is 11.8 Å². The molecule has 7 heteroatoms. The Morgan fingerprint density at radius 3 is 2.88 bits per heavy atom. The van der Waals surface area contributed by atoms with Gasteiger partial charge in [0, 0.05) is 19.1 Å². The first-order valence-corrected chi connectivity index (χ1v) is 6.25. The average molecular weight is 254 g/mol.